The van der Waals surface area contributed by atoms with E-state index in [1.54, 1.807) is 24.3 Å². The Hall–Kier alpha value is -2.36. The van der Waals surface area contributed by atoms with E-state index in [9.17, 15) is 14.3 Å². The van der Waals surface area contributed by atoms with Gasteiger partial charge in [-0.25, -0.2) is 4.39 Å². The van der Waals surface area contributed by atoms with Crippen molar-refractivity contribution < 1.29 is 14.3 Å². The van der Waals surface area contributed by atoms with Gasteiger partial charge in [0.1, 0.15) is 11.6 Å². The number of aromatic hydroxyl groups is 1. The van der Waals surface area contributed by atoms with E-state index in [2.05, 4.69) is 5.32 Å². The van der Waals surface area contributed by atoms with Crippen molar-refractivity contribution in [1.29, 1.82) is 0 Å². The molecule has 0 fully saturated rings. The minimum atomic E-state index is -0.315. The molecule has 0 aromatic heterocycles. The number of amides is 1. The van der Waals surface area contributed by atoms with Crippen LogP contribution in [0.4, 0.5) is 4.39 Å². The highest BCUT2D eigenvalue weighted by atomic mass is 19.1. The minimum absolute atomic E-state index is 0.0395. The molecule has 1 atom stereocenters. The van der Waals surface area contributed by atoms with Crippen LogP contribution in [-0.4, -0.2) is 11.0 Å². The van der Waals surface area contributed by atoms with Crippen molar-refractivity contribution in [2.75, 3.05) is 0 Å². The van der Waals surface area contributed by atoms with Crippen LogP contribution in [0.5, 0.6) is 5.75 Å². The van der Waals surface area contributed by atoms with Crippen molar-refractivity contribution in [1.82, 2.24) is 5.32 Å². The van der Waals surface area contributed by atoms with Crippen LogP contribution in [0.1, 0.15) is 33.9 Å². The molecule has 0 spiro atoms. The second-order valence-electron chi connectivity index (χ2n) is 4.93. The molecule has 3 nitrogen and oxygen atoms in total. The Kier molecular flexibility index (Phi) is 3.14. The van der Waals surface area contributed by atoms with Crippen LogP contribution in [0, 0.1) is 5.82 Å². The molecule has 0 saturated carbocycles. The summed E-state index contributed by atoms with van der Waals surface area (Å²) in [5, 5.41) is 12.6. The predicted molar refractivity (Wildman–Crippen MR) is 73.0 cm³/mol. The molecule has 1 unspecified atom stereocenters. The average Bonchev–Trinajstić information content (AvgIpc) is 2.81. The largest absolute Gasteiger partial charge is 0.507 e. The van der Waals surface area contributed by atoms with Crippen molar-refractivity contribution in [2.45, 2.75) is 18.9 Å². The lowest BCUT2D eigenvalue weighted by Gasteiger charge is -2.14. The molecular formula is C16H14FNO2. The fourth-order valence-electron chi connectivity index (χ4n) is 2.64. The van der Waals surface area contributed by atoms with Crippen LogP contribution in [0.15, 0.2) is 42.5 Å². The number of rotatable bonds is 2. The van der Waals surface area contributed by atoms with Crippen molar-refractivity contribution in [2.24, 2.45) is 0 Å². The number of fused-ring (bicyclic) bond motifs is 1. The van der Waals surface area contributed by atoms with Crippen LogP contribution in [0.2, 0.25) is 0 Å². The maximum atomic E-state index is 13.1. The molecule has 4 heteroatoms. The summed E-state index contributed by atoms with van der Waals surface area (Å²) in [6, 6.07) is 10.9. The number of phenolic OH excluding ortho intramolecular Hbond substituents is 1. The number of hydrogen-bond donors (Lipinski definition) is 2. The zero-order valence-electron chi connectivity index (χ0n) is 10.8. The standard InChI is InChI=1S/C16H14FNO2/c17-11-6-7-12-10(9-11)5-8-14(12)18-16(20)13-3-1-2-4-15(13)19/h1-4,6-7,9,14,19H,5,8H2,(H,18,20). The first-order chi connectivity index (χ1) is 9.65. The maximum Gasteiger partial charge on any atom is 0.255 e. The van der Waals surface area contributed by atoms with Gasteiger partial charge < -0.3 is 10.4 Å². The first kappa shape index (κ1) is 12.7. The summed E-state index contributed by atoms with van der Waals surface area (Å²) in [7, 11) is 0. The summed E-state index contributed by atoms with van der Waals surface area (Å²) >= 11 is 0. The molecule has 1 aliphatic carbocycles. The van der Waals surface area contributed by atoms with E-state index in [0.29, 0.717) is 0 Å². The maximum absolute atomic E-state index is 13.1. The Morgan fingerprint density at radius 1 is 1.25 bits per heavy atom. The topological polar surface area (TPSA) is 49.3 Å². The molecule has 2 N–H and O–H groups in total. The molecule has 0 radical (unpaired) electrons. The fourth-order valence-corrected chi connectivity index (χ4v) is 2.64. The van der Waals surface area contributed by atoms with Gasteiger partial charge in [0.25, 0.3) is 5.91 Å². The van der Waals surface area contributed by atoms with Gasteiger partial charge in [-0.2, -0.15) is 0 Å². The lowest BCUT2D eigenvalue weighted by molar-refractivity contribution is 0.0934. The summed E-state index contributed by atoms with van der Waals surface area (Å²) in [4.78, 5) is 12.2. The highest BCUT2D eigenvalue weighted by Gasteiger charge is 2.25. The highest BCUT2D eigenvalue weighted by Crippen LogP contribution is 2.32. The summed E-state index contributed by atoms with van der Waals surface area (Å²) in [6.07, 6.45) is 1.50. The Bertz CT molecular complexity index is 669. The van der Waals surface area contributed by atoms with Gasteiger partial charge in [0, 0.05) is 0 Å². The molecule has 0 bridgehead atoms. The molecule has 0 saturated heterocycles. The van der Waals surface area contributed by atoms with E-state index in [0.717, 1.165) is 24.0 Å². The number of hydrogen-bond acceptors (Lipinski definition) is 2. The molecular weight excluding hydrogens is 257 g/mol. The van der Waals surface area contributed by atoms with Gasteiger partial charge in [-0.15, -0.1) is 0 Å². The Morgan fingerprint density at radius 2 is 2.05 bits per heavy atom. The third kappa shape index (κ3) is 2.25. The van der Waals surface area contributed by atoms with E-state index >= 15 is 0 Å². The molecule has 1 aliphatic rings. The number of aryl methyl sites for hydroxylation is 1. The molecule has 1 amide bonds. The monoisotopic (exact) mass is 271 g/mol. The number of nitrogens with one attached hydrogen (secondary N) is 1. The summed E-state index contributed by atoms with van der Waals surface area (Å²) in [5.74, 6) is -0.607. The quantitative estimate of drug-likeness (QED) is 0.882. The highest BCUT2D eigenvalue weighted by molar-refractivity contribution is 5.97. The van der Waals surface area contributed by atoms with Gasteiger partial charge in [0.15, 0.2) is 0 Å². The molecule has 2 aromatic carbocycles. The van der Waals surface area contributed by atoms with Gasteiger partial charge >= 0.3 is 0 Å². The summed E-state index contributed by atoms with van der Waals surface area (Å²) in [6.45, 7) is 0. The summed E-state index contributed by atoms with van der Waals surface area (Å²) < 4.78 is 13.1. The van der Waals surface area contributed by atoms with Gasteiger partial charge in [-0.1, -0.05) is 18.2 Å². The zero-order valence-corrected chi connectivity index (χ0v) is 10.8. The molecule has 0 aliphatic heterocycles. The summed E-state index contributed by atoms with van der Waals surface area (Å²) in [5.41, 5.74) is 2.14. The number of halogens is 1. The van der Waals surface area contributed by atoms with Crippen molar-refractivity contribution in [3.05, 3.63) is 65.0 Å². The molecule has 102 valence electrons. The van der Waals surface area contributed by atoms with Crippen LogP contribution in [-0.2, 0) is 6.42 Å². The molecule has 0 heterocycles. The fraction of sp³-hybridized carbons (Fsp3) is 0.188. The first-order valence-corrected chi connectivity index (χ1v) is 6.52. The predicted octanol–water partition coefficient (Wildman–Crippen LogP) is 2.95. The van der Waals surface area contributed by atoms with E-state index in [1.165, 1.54) is 18.2 Å². The minimum Gasteiger partial charge on any atom is -0.507 e. The number of benzene rings is 2. The first-order valence-electron chi connectivity index (χ1n) is 6.52. The smallest absolute Gasteiger partial charge is 0.255 e. The molecule has 2 aromatic rings. The lowest BCUT2D eigenvalue weighted by Crippen LogP contribution is -2.27. The van der Waals surface area contributed by atoms with Crippen LogP contribution >= 0.6 is 0 Å². The van der Waals surface area contributed by atoms with E-state index in [4.69, 9.17) is 0 Å². The Labute approximate surface area is 116 Å². The lowest BCUT2D eigenvalue weighted by atomic mass is 10.1. The number of para-hydroxylation sites is 1. The zero-order chi connectivity index (χ0) is 14.1. The Balaban J connectivity index is 1.81. The Morgan fingerprint density at radius 3 is 2.85 bits per heavy atom. The van der Waals surface area contributed by atoms with Crippen LogP contribution in [0.3, 0.4) is 0 Å². The number of phenols is 1. The van der Waals surface area contributed by atoms with Crippen molar-refractivity contribution >= 4 is 5.91 Å². The third-order valence-electron chi connectivity index (χ3n) is 3.64. The van der Waals surface area contributed by atoms with Crippen LogP contribution in [0.25, 0.3) is 0 Å². The normalized spacial score (nSPS) is 16.8. The van der Waals surface area contributed by atoms with E-state index < -0.39 is 0 Å². The van der Waals surface area contributed by atoms with Crippen LogP contribution < -0.4 is 5.32 Å². The second kappa shape index (κ2) is 4.96. The van der Waals surface area contributed by atoms with E-state index in [1.807, 2.05) is 0 Å². The van der Waals surface area contributed by atoms with Crippen molar-refractivity contribution in [3.63, 3.8) is 0 Å². The SMILES string of the molecule is O=C(NC1CCc2cc(F)ccc21)c1ccccc1O. The number of carbonyl (C=O) groups is 1. The number of carbonyl (C=O) groups excluding carboxylic acids is 1. The van der Waals surface area contributed by atoms with Crippen molar-refractivity contribution in [3.8, 4) is 5.75 Å². The van der Waals surface area contributed by atoms with Gasteiger partial charge in [0.05, 0.1) is 11.6 Å². The average molecular weight is 271 g/mol. The molecule has 3 rings (SSSR count). The third-order valence-corrected chi connectivity index (χ3v) is 3.64. The van der Waals surface area contributed by atoms with E-state index in [-0.39, 0.29) is 29.1 Å². The van der Waals surface area contributed by atoms with Gasteiger partial charge in [-0.3, -0.25) is 4.79 Å². The van der Waals surface area contributed by atoms with Gasteiger partial charge in [-0.05, 0) is 48.2 Å². The van der Waals surface area contributed by atoms with Gasteiger partial charge in [0.2, 0.25) is 0 Å². The second-order valence-corrected chi connectivity index (χ2v) is 4.93. The molecule has 20 heavy (non-hydrogen) atoms.